The second-order valence-electron chi connectivity index (χ2n) is 5.20. The predicted molar refractivity (Wildman–Crippen MR) is 70.1 cm³/mol. The van der Waals surface area contributed by atoms with Crippen LogP contribution in [0.1, 0.15) is 31.2 Å². The van der Waals surface area contributed by atoms with Crippen LogP contribution in [-0.4, -0.2) is 29.3 Å². The molecule has 2 rings (SSSR count). The van der Waals surface area contributed by atoms with E-state index in [0.717, 1.165) is 37.1 Å². The Morgan fingerprint density at radius 2 is 2.12 bits per heavy atom. The zero-order valence-electron chi connectivity index (χ0n) is 10.6. The molecule has 0 aromatic carbocycles. The number of likely N-dealkylation sites (N-methyl/N-ethyl adjacent to an activating group) is 1. The Hall–Kier alpha value is -1.29. The van der Waals surface area contributed by atoms with Crippen molar-refractivity contribution in [3.63, 3.8) is 0 Å². The largest absolute Gasteiger partial charge is 0.397 e. The Morgan fingerprint density at radius 3 is 2.71 bits per heavy atom. The molecule has 0 amide bonds. The van der Waals surface area contributed by atoms with Gasteiger partial charge in [0, 0.05) is 13.6 Å². The summed E-state index contributed by atoms with van der Waals surface area (Å²) in [6.07, 6.45) is 5.70. The first-order valence-corrected chi connectivity index (χ1v) is 6.16. The van der Waals surface area contributed by atoms with Crippen molar-refractivity contribution in [2.24, 2.45) is 0 Å². The van der Waals surface area contributed by atoms with E-state index in [1.807, 2.05) is 24.9 Å². The second kappa shape index (κ2) is 4.53. The normalized spacial score (nSPS) is 18.3. The molecule has 0 aliphatic heterocycles. The summed E-state index contributed by atoms with van der Waals surface area (Å²) >= 11 is 0. The molecule has 4 nitrogen and oxygen atoms in total. The van der Waals surface area contributed by atoms with Gasteiger partial charge in [-0.15, -0.1) is 0 Å². The van der Waals surface area contributed by atoms with Crippen LogP contribution in [0.2, 0.25) is 0 Å². The van der Waals surface area contributed by atoms with Crippen LogP contribution in [-0.2, 0) is 0 Å². The Balaban J connectivity index is 2.11. The van der Waals surface area contributed by atoms with Gasteiger partial charge in [0.25, 0.3) is 0 Å². The molecule has 0 atom stereocenters. The first-order valence-electron chi connectivity index (χ1n) is 6.16. The summed E-state index contributed by atoms with van der Waals surface area (Å²) in [5, 5.41) is 10.4. The highest BCUT2D eigenvalue weighted by molar-refractivity contribution is 5.52. The summed E-state index contributed by atoms with van der Waals surface area (Å²) in [4.78, 5) is 6.37. The Bertz CT molecular complexity index is 400. The van der Waals surface area contributed by atoms with Gasteiger partial charge in [0.1, 0.15) is 5.82 Å². The van der Waals surface area contributed by atoms with Crippen LogP contribution in [0, 0.1) is 6.92 Å². The molecule has 3 N–H and O–H groups in total. The van der Waals surface area contributed by atoms with Gasteiger partial charge in [-0.25, -0.2) is 4.98 Å². The maximum absolute atomic E-state index is 10.4. The van der Waals surface area contributed by atoms with Gasteiger partial charge in [0.05, 0.1) is 17.5 Å². The van der Waals surface area contributed by atoms with Crippen LogP contribution < -0.4 is 10.6 Å². The van der Waals surface area contributed by atoms with Gasteiger partial charge in [-0.05, 0) is 31.4 Å². The lowest BCUT2D eigenvalue weighted by Crippen LogP contribution is -2.39. The first kappa shape index (κ1) is 12.2. The molecule has 1 aliphatic rings. The molecule has 1 aliphatic carbocycles. The van der Waals surface area contributed by atoms with Crippen molar-refractivity contribution in [1.82, 2.24) is 4.98 Å². The third-order valence-electron chi connectivity index (χ3n) is 3.50. The standard InChI is InChI=1S/C13H21N3O/c1-10-7-11(14)8-15-12(10)16(2)9-13(17)5-3-4-6-13/h7-8,17H,3-6,9,14H2,1-2H3. The number of aryl methyl sites for hydroxylation is 1. The third-order valence-corrected chi connectivity index (χ3v) is 3.50. The Labute approximate surface area is 102 Å². The van der Waals surface area contributed by atoms with E-state index in [1.54, 1.807) is 6.20 Å². The van der Waals surface area contributed by atoms with Crippen molar-refractivity contribution >= 4 is 11.5 Å². The fraction of sp³-hybridized carbons (Fsp3) is 0.615. The van der Waals surface area contributed by atoms with Gasteiger partial charge in [0.2, 0.25) is 0 Å². The maximum Gasteiger partial charge on any atom is 0.131 e. The predicted octanol–water partition coefficient (Wildman–Crippen LogP) is 1.71. The minimum absolute atomic E-state index is 0.537. The van der Waals surface area contributed by atoms with E-state index in [4.69, 9.17) is 5.73 Å². The highest BCUT2D eigenvalue weighted by Crippen LogP contribution is 2.31. The summed E-state index contributed by atoms with van der Waals surface area (Å²) in [5.41, 5.74) is 6.88. The molecule has 1 heterocycles. The van der Waals surface area contributed by atoms with Crippen LogP contribution in [0.15, 0.2) is 12.3 Å². The van der Waals surface area contributed by atoms with Crippen molar-refractivity contribution in [2.45, 2.75) is 38.2 Å². The molecule has 1 saturated carbocycles. The number of rotatable bonds is 3. The number of hydrogen-bond acceptors (Lipinski definition) is 4. The SMILES string of the molecule is Cc1cc(N)cnc1N(C)CC1(O)CCCC1. The molecule has 0 bridgehead atoms. The van der Waals surface area contributed by atoms with Crippen molar-refractivity contribution in [3.8, 4) is 0 Å². The number of nitrogens with zero attached hydrogens (tertiary/aromatic N) is 2. The van der Waals surface area contributed by atoms with E-state index in [0.29, 0.717) is 12.2 Å². The second-order valence-corrected chi connectivity index (χ2v) is 5.20. The minimum Gasteiger partial charge on any atom is -0.397 e. The topological polar surface area (TPSA) is 62.4 Å². The molecular formula is C13H21N3O. The van der Waals surface area contributed by atoms with E-state index in [2.05, 4.69) is 4.98 Å². The van der Waals surface area contributed by atoms with Gasteiger partial charge >= 0.3 is 0 Å². The number of hydrogen-bond donors (Lipinski definition) is 2. The average Bonchev–Trinajstić information content (AvgIpc) is 2.64. The van der Waals surface area contributed by atoms with Crippen LogP contribution in [0.5, 0.6) is 0 Å². The summed E-state index contributed by atoms with van der Waals surface area (Å²) in [6.45, 7) is 2.64. The van der Waals surface area contributed by atoms with E-state index in [9.17, 15) is 5.11 Å². The first-order chi connectivity index (χ1) is 8.00. The van der Waals surface area contributed by atoms with E-state index in [-0.39, 0.29) is 0 Å². The zero-order chi connectivity index (χ0) is 12.5. The maximum atomic E-state index is 10.4. The molecule has 1 aromatic heterocycles. The molecule has 94 valence electrons. The Morgan fingerprint density at radius 1 is 1.47 bits per heavy atom. The summed E-state index contributed by atoms with van der Waals surface area (Å²) in [7, 11) is 1.97. The van der Waals surface area contributed by atoms with Crippen molar-refractivity contribution in [1.29, 1.82) is 0 Å². The zero-order valence-corrected chi connectivity index (χ0v) is 10.6. The molecule has 17 heavy (non-hydrogen) atoms. The number of nitrogen functional groups attached to an aromatic ring is 1. The van der Waals surface area contributed by atoms with E-state index in [1.165, 1.54) is 0 Å². The molecular weight excluding hydrogens is 214 g/mol. The van der Waals surface area contributed by atoms with Crippen LogP contribution in [0.25, 0.3) is 0 Å². The fourth-order valence-electron chi connectivity index (χ4n) is 2.70. The number of aliphatic hydroxyl groups is 1. The van der Waals surface area contributed by atoms with Gasteiger partial charge < -0.3 is 15.7 Å². The van der Waals surface area contributed by atoms with E-state index >= 15 is 0 Å². The third kappa shape index (κ3) is 2.69. The highest BCUT2D eigenvalue weighted by atomic mass is 16.3. The monoisotopic (exact) mass is 235 g/mol. The number of pyridine rings is 1. The Kier molecular flexibility index (Phi) is 3.24. The fourth-order valence-corrected chi connectivity index (χ4v) is 2.70. The lowest BCUT2D eigenvalue weighted by atomic mass is 10.0. The number of anilines is 2. The summed E-state index contributed by atoms with van der Waals surface area (Å²) in [6, 6.07) is 1.91. The van der Waals surface area contributed by atoms with Gasteiger partial charge in [-0.1, -0.05) is 12.8 Å². The van der Waals surface area contributed by atoms with Crippen LogP contribution in [0.3, 0.4) is 0 Å². The van der Waals surface area contributed by atoms with Crippen LogP contribution >= 0.6 is 0 Å². The van der Waals surface area contributed by atoms with Crippen molar-refractivity contribution < 1.29 is 5.11 Å². The lowest BCUT2D eigenvalue weighted by Gasteiger charge is -2.30. The molecule has 0 spiro atoms. The highest BCUT2D eigenvalue weighted by Gasteiger charge is 2.32. The van der Waals surface area contributed by atoms with Crippen LogP contribution in [0.4, 0.5) is 11.5 Å². The molecule has 0 unspecified atom stereocenters. The minimum atomic E-state index is -0.537. The van der Waals surface area contributed by atoms with Gasteiger partial charge in [-0.2, -0.15) is 0 Å². The van der Waals surface area contributed by atoms with Crippen molar-refractivity contribution in [3.05, 3.63) is 17.8 Å². The van der Waals surface area contributed by atoms with Crippen molar-refractivity contribution in [2.75, 3.05) is 24.2 Å². The quantitative estimate of drug-likeness (QED) is 0.837. The summed E-state index contributed by atoms with van der Waals surface area (Å²) in [5.74, 6) is 0.902. The average molecular weight is 235 g/mol. The summed E-state index contributed by atoms with van der Waals surface area (Å²) < 4.78 is 0. The molecule has 1 aromatic rings. The van der Waals surface area contributed by atoms with Gasteiger partial charge in [0.15, 0.2) is 0 Å². The molecule has 0 saturated heterocycles. The molecule has 1 fully saturated rings. The lowest BCUT2D eigenvalue weighted by molar-refractivity contribution is 0.0558. The molecule has 4 heteroatoms. The molecule has 0 radical (unpaired) electrons. The van der Waals surface area contributed by atoms with E-state index < -0.39 is 5.60 Å². The smallest absolute Gasteiger partial charge is 0.131 e. The van der Waals surface area contributed by atoms with Gasteiger partial charge in [-0.3, -0.25) is 0 Å². The number of aromatic nitrogens is 1. The number of nitrogens with two attached hydrogens (primary N) is 1.